The van der Waals surface area contributed by atoms with Crippen LogP contribution in [0.4, 0.5) is 0 Å². The Balaban J connectivity index is 1.56. The van der Waals surface area contributed by atoms with Crippen LogP contribution in [0.25, 0.3) is 32.7 Å². The largest absolute Gasteiger partial charge is 0.354 e. The minimum absolute atomic E-state index is 0.399. The Morgan fingerprint density at radius 2 is 2.03 bits per heavy atom. The maximum absolute atomic E-state index is 7.10. The number of aromatic amines is 1. The van der Waals surface area contributed by atoms with E-state index in [-0.39, 0.29) is 0 Å². The van der Waals surface area contributed by atoms with Gasteiger partial charge in [0.1, 0.15) is 6.33 Å². The van der Waals surface area contributed by atoms with Gasteiger partial charge in [-0.3, -0.25) is 9.25 Å². The quantitative estimate of drug-likeness (QED) is 0.459. The summed E-state index contributed by atoms with van der Waals surface area (Å²) < 4.78 is 2.00. The summed E-state index contributed by atoms with van der Waals surface area (Å²) >= 11 is 0. The third-order valence-corrected chi connectivity index (χ3v) is 6.63. The van der Waals surface area contributed by atoms with E-state index in [1.165, 1.54) is 33.3 Å². The Hall–Kier alpha value is -3.17. The molecule has 1 aliphatic rings. The second-order valence-corrected chi connectivity index (χ2v) is 9.04. The van der Waals surface area contributed by atoms with Gasteiger partial charge in [0.2, 0.25) is 0 Å². The number of pyridine rings is 1. The molecule has 6 nitrogen and oxygen atoms in total. The predicted octanol–water partition coefficient (Wildman–Crippen LogP) is 5.37. The van der Waals surface area contributed by atoms with Gasteiger partial charge in [0, 0.05) is 35.8 Å². The van der Waals surface area contributed by atoms with Gasteiger partial charge < -0.3 is 4.98 Å². The van der Waals surface area contributed by atoms with Gasteiger partial charge in [-0.05, 0) is 66.5 Å². The first-order valence-electron chi connectivity index (χ1n) is 11.1. The Bertz CT molecular complexity index is 1280. The lowest BCUT2D eigenvalue weighted by molar-refractivity contribution is 0.232. The van der Waals surface area contributed by atoms with Gasteiger partial charge in [-0.1, -0.05) is 19.9 Å². The van der Waals surface area contributed by atoms with Crippen LogP contribution in [0.3, 0.4) is 0 Å². The first-order valence-corrected chi connectivity index (χ1v) is 11.1. The molecule has 1 aromatic carbocycles. The number of H-pyrrole nitrogens is 1. The molecule has 1 saturated heterocycles. The molecule has 0 amide bonds. The first-order chi connectivity index (χ1) is 15.0. The van der Waals surface area contributed by atoms with Gasteiger partial charge in [-0.25, -0.2) is 11.5 Å². The number of fused-ring (bicyclic) bond motifs is 2. The van der Waals surface area contributed by atoms with Gasteiger partial charge >= 0.3 is 0 Å². The van der Waals surface area contributed by atoms with E-state index >= 15 is 0 Å². The second-order valence-electron chi connectivity index (χ2n) is 9.04. The van der Waals surface area contributed by atoms with Crippen LogP contribution in [0.5, 0.6) is 0 Å². The molecule has 1 aliphatic heterocycles. The summed E-state index contributed by atoms with van der Waals surface area (Å²) in [6.07, 6.45) is 6.13. The van der Waals surface area contributed by atoms with E-state index in [9.17, 15) is 0 Å². The maximum atomic E-state index is 7.10. The summed E-state index contributed by atoms with van der Waals surface area (Å²) in [5.41, 5.74) is 8.36. The topological polar surface area (TPSA) is 53.6 Å². The van der Waals surface area contributed by atoms with Crippen molar-refractivity contribution in [2.45, 2.75) is 45.4 Å². The summed E-state index contributed by atoms with van der Waals surface area (Å²) in [5.74, 6) is 0.969. The fourth-order valence-electron chi connectivity index (χ4n) is 5.06. The number of aromatic nitrogens is 4. The van der Waals surface area contributed by atoms with Crippen LogP contribution in [-0.4, -0.2) is 44.2 Å². The van der Waals surface area contributed by atoms with Crippen LogP contribution in [0.2, 0.25) is 0 Å². The number of benzene rings is 1. The summed E-state index contributed by atoms with van der Waals surface area (Å²) in [4.78, 5) is 9.51. The number of nitrogens with zero attached hydrogens (tertiary/aromatic N) is 5. The van der Waals surface area contributed by atoms with Crippen LogP contribution in [-0.2, 0) is 0 Å². The molecule has 1 N–H and O–H groups in total. The molecule has 158 valence electrons. The van der Waals surface area contributed by atoms with E-state index in [0.717, 1.165) is 37.1 Å². The molecule has 0 unspecified atom stereocenters. The molecule has 3 aromatic heterocycles. The molecule has 31 heavy (non-hydrogen) atoms. The van der Waals surface area contributed by atoms with E-state index in [1.54, 1.807) is 6.33 Å². The van der Waals surface area contributed by atoms with Crippen LogP contribution in [0.1, 0.15) is 55.2 Å². The molecule has 0 spiro atoms. The highest BCUT2D eigenvalue weighted by Gasteiger charge is 2.23. The lowest BCUT2D eigenvalue weighted by Gasteiger charge is -2.28. The average molecular weight is 413 g/mol. The number of likely N-dealkylation sites (tertiary alicyclic amines) is 1. The van der Waals surface area contributed by atoms with E-state index < -0.39 is 0 Å². The average Bonchev–Trinajstić information content (AvgIpc) is 3.39. The van der Waals surface area contributed by atoms with Crippen molar-refractivity contribution in [2.24, 2.45) is 0 Å². The normalized spacial score (nSPS) is 15.8. The van der Waals surface area contributed by atoms with Crippen molar-refractivity contribution in [1.82, 2.24) is 24.5 Å². The predicted molar refractivity (Wildman–Crippen MR) is 124 cm³/mol. The SMILES string of the molecule is [C-]#[N+]CN1CCC(c2ccc3[nH]c(-c4cc(C)c5nncn5c4)c(C(C)C)c3c2)CC1. The zero-order valence-electron chi connectivity index (χ0n) is 18.4. The van der Waals surface area contributed by atoms with E-state index in [2.05, 4.69) is 76.2 Å². The van der Waals surface area contributed by atoms with E-state index in [1.807, 2.05) is 4.40 Å². The van der Waals surface area contributed by atoms with E-state index in [4.69, 9.17) is 6.57 Å². The fraction of sp³-hybridized carbons (Fsp3) is 0.400. The maximum Gasteiger partial charge on any atom is 0.270 e. The molecular formula is C25H28N6. The van der Waals surface area contributed by atoms with Gasteiger partial charge in [0.25, 0.3) is 6.67 Å². The minimum Gasteiger partial charge on any atom is -0.354 e. The fourth-order valence-corrected chi connectivity index (χ4v) is 5.06. The van der Waals surface area contributed by atoms with Crippen LogP contribution >= 0.6 is 0 Å². The highest BCUT2D eigenvalue weighted by Crippen LogP contribution is 2.38. The molecule has 0 radical (unpaired) electrons. The number of aryl methyl sites for hydroxylation is 1. The van der Waals surface area contributed by atoms with Crippen LogP contribution in [0, 0.1) is 13.5 Å². The van der Waals surface area contributed by atoms with Crippen molar-refractivity contribution in [3.63, 3.8) is 0 Å². The summed E-state index contributed by atoms with van der Waals surface area (Å²) in [6, 6.07) is 9.14. The number of hydrogen-bond donors (Lipinski definition) is 1. The zero-order valence-corrected chi connectivity index (χ0v) is 18.4. The van der Waals surface area contributed by atoms with Crippen molar-refractivity contribution in [2.75, 3.05) is 19.8 Å². The van der Waals surface area contributed by atoms with Gasteiger partial charge in [-0.15, -0.1) is 10.2 Å². The lowest BCUT2D eigenvalue weighted by Crippen LogP contribution is -2.32. The number of nitrogens with one attached hydrogen (secondary N) is 1. The lowest BCUT2D eigenvalue weighted by atomic mass is 9.87. The number of rotatable bonds is 4. The van der Waals surface area contributed by atoms with Crippen molar-refractivity contribution in [1.29, 1.82) is 0 Å². The highest BCUT2D eigenvalue weighted by atomic mass is 15.2. The summed E-state index contributed by atoms with van der Waals surface area (Å²) in [6.45, 7) is 16.3. The van der Waals surface area contributed by atoms with Gasteiger partial charge in [0.15, 0.2) is 5.65 Å². The zero-order chi connectivity index (χ0) is 21.5. The molecule has 5 rings (SSSR count). The van der Waals surface area contributed by atoms with Crippen molar-refractivity contribution < 1.29 is 0 Å². The Labute approximate surface area is 182 Å². The standard InChI is InChI=1S/C25H28N6/c1-16(2)23-21-12-19(18-7-9-30(10-8-18)14-26-4)5-6-22(21)28-24(23)20-11-17(3)25-29-27-15-31(25)13-20/h5-6,11-13,15-16,18,28H,7-10,14H2,1-3H3. The Morgan fingerprint density at radius 3 is 2.77 bits per heavy atom. The monoisotopic (exact) mass is 412 g/mol. The minimum atomic E-state index is 0.399. The smallest absolute Gasteiger partial charge is 0.270 e. The molecule has 4 aromatic rings. The molecule has 6 heteroatoms. The molecule has 1 fully saturated rings. The van der Waals surface area contributed by atoms with Gasteiger partial charge in [-0.2, -0.15) is 0 Å². The van der Waals surface area contributed by atoms with Crippen LogP contribution < -0.4 is 0 Å². The molecule has 0 saturated carbocycles. The van der Waals surface area contributed by atoms with Gasteiger partial charge in [0.05, 0.1) is 5.69 Å². The molecule has 0 aliphatic carbocycles. The third-order valence-electron chi connectivity index (χ3n) is 6.63. The molecular weight excluding hydrogens is 384 g/mol. The number of piperidine rings is 1. The first kappa shape index (κ1) is 19.8. The third kappa shape index (κ3) is 3.49. The van der Waals surface area contributed by atoms with E-state index in [0.29, 0.717) is 18.5 Å². The molecule has 4 heterocycles. The van der Waals surface area contributed by atoms with Crippen LogP contribution in [0.15, 0.2) is 36.8 Å². The second kappa shape index (κ2) is 7.82. The molecule has 0 bridgehead atoms. The summed E-state index contributed by atoms with van der Waals surface area (Å²) in [7, 11) is 0. The Kier molecular flexibility index (Phi) is 4.99. The van der Waals surface area contributed by atoms with Crippen molar-refractivity contribution in [3.05, 3.63) is 64.9 Å². The van der Waals surface area contributed by atoms with Crippen molar-refractivity contribution in [3.8, 4) is 11.3 Å². The number of hydrogen-bond acceptors (Lipinski definition) is 3. The van der Waals surface area contributed by atoms with Crippen molar-refractivity contribution >= 4 is 16.6 Å². The highest BCUT2D eigenvalue weighted by molar-refractivity contribution is 5.92. The molecule has 0 atom stereocenters. The summed E-state index contributed by atoms with van der Waals surface area (Å²) in [5, 5.41) is 9.60. The Morgan fingerprint density at radius 1 is 1.23 bits per heavy atom.